The van der Waals surface area contributed by atoms with E-state index in [1.54, 1.807) is 42.5 Å². The molecular weight excluding hydrogens is 490 g/mol. The van der Waals surface area contributed by atoms with Gasteiger partial charge in [-0.15, -0.1) is 0 Å². The second-order valence-electron chi connectivity index (χ2n) is 8.49. The van der Waals surface area contributed by atoms with E-state index in [0.717, 1.165) is 5.56 Å². The van der Waals surface area contributed by atoms with Crippen molar-refractivity contribution in [2.45, 2.75) is 19.0 Å². The molecule has 8 N–H and O–H groups in total. The Hall–Kier alpha value is -5.16. The molecule has 11 nitrogen and oxygen atoms in total. The Kier molecular flexibility index (Phi) is 7.69. The monoisotopic (exact) mass is 515 g/mol. The molecule has 0 aliphatic heterocycles. The average Bonchev–Trinajstić information content (AvgIpc) is 3.33. The number of hydrogen-bond donors (Lipinski definition) is 7. The number of carbonyl (C=O) groups is 4. The summed E-state index contributed by atoms with van der Waals surface area (Å²) in [7, 11) is 0. The molecule has 0 bridgehead atoms. The molecule has 38 heavy (non-hydrogen) atoms. The topological polar surface area (TPSA) is 187 Å². The van der Waals surface area contributed by atoms with Crippen LogP contribution in [-0.4, -0.2) is 44.9 Å². The third-order valence-corrected chi connectivity index (χ3v) is 5.79. The summed E-state index contributed by atoms with van der Waals surface area (Å²) in [5, 5.41) is 27.1. The van der Waals surface area contributed by atoms with Gasteiger partial charge in [0.05, 0.1) is 0 Å². The standard InChI is InChI=1S/C27H25N5O6/c28-14-16-6-8-19(33)13-21(16)31-25(35)26(36)32-22(10-15-4-2-1-3-5-15)24(34)29-18-7-9-20-17(11-18)12-23(30-20)27(37)38/h1-9,11-13,22,30,33H,10,14,28H2,(H,29,34)(H,31,35)(H,32,36)(H,37,38)/t22-/m0/s1. The summed E-state index contributed by atoms with van der Waals surface area (Å²) in [6.45, 7) is 0.0655. The van der Waals surface area contributed by atoms with Crippen LogP contribution < -0.4 is 21.7 Å². The van der Waals surface area contributed by atoms with Crippen LogP contribution in [0.5, 0.6) is 5.75 Å². The smallest absolute Gasteiger partial charge is 0.352 e. The quantitative estimate of drug-likeness (QED) is 0.175. The number of hydrogen-bond acceptors (Lipinski definition) is 6. The lowest BCUT2D eigenvalue weighted by Crippen LogP contribution is -2.49. The summed E-state index contributed by atoms with van der Waals surface area (Å²) >= 11 is 0. The Morgan fingerprint density at radius 3 is 2.37 bits per heavy atom. The number of aromatic amines is 1. The number of carbonyl (C=O) groups excluding carboxylic acids is 3. The van der Waals surface area contributed by atoms with Crippen molar-refractivity contribution >= 4 is 46.0 Å². The van der Waals surface area contributed by atoms with Gasteiger partial charge in [-0.25, -0.2) is 4.79 Å². The number of aromatic nitrogens is 1. The molecule has 3 amide bonds. The number of carboxylic acids is 1. The third kappa shape index (κ3) is 6.15. The molecule has 4 rings (SSSR count). The van der Waals surface area contributed by atoms with E-state index in [1.807, 2.05) is 6.07 Å². The van der Waals surface area contributed by atoms with Crippen LogP contribution >= 0.6 is 0 Å². The van der Waals surface area contributed by atoms with E-state index in [1.165, 1.54) is 24.3 Å². The van der Waals surface area contributed by atoms with Gasteiger partial charge in [-0.05, 0) is 41.5 Å². The van der Waals surface area contributed by atoms with Crippen LogP contribution in [0.25, 0.3) is 10.9 Å². The fourth-order valence-corrected chi connectivity index (χ4v) is 3.88. The molecule has 0 saturated carbocycles. The van der Waals surface area contributed by atoms with Gasteiger partial charge in [-0.2, -0.15) is 0 Å². The molecule has 1 atom stereocenters. The first kappa shape index (κ1) is 25.9. The van der Waals surface area contributed by atoms with Crippen molar-refractivity contribution in [3.63, 3.8) is 0 Å². The minimum Gasteiger partial charge on any atom is -0.508 e. The maximum absolute atomic E-state index is 13.2. The predicted octanol–water partition coefficient (Wildman–Crippen LogP) is 2.34. The molecule has 0 unspecified atom stereocenters. The van der Waals surface area contributed by atoms with Gasteiger partial charge in [0.25, 0.3) is 0 Å². The molecular formula is C27H25N5O6. The number of nitrogens with one attached hydrogen (secondary N) is 4. The van der Waals surface area contributed by atoms with Crippen LogP contribution in [0.2, 0.25) is 0 Å². The summed E-state index contributed by atoms with van der Waals surface area (Å²) in [5.41, 5.74) is 8.06. The molecule has 3 aromatic carbocycles. The number of nitrogens with two attached hydrogens (primary N) is 1. The van der Waals surface area contributed by atoms with Crippen molar-refractivity contribution < 1.29 is 29.4 Å². The van der Waals surface area contributed by atoms with Gasteiger partial charge >= 0.3 is 17.8 Å². The van der Waals surface area contributed by atoms with E-state index in [9.17, 15) is 29.4 Å². The molecule has 0 radical (unpaired) electrons. The lowest BCUT2D eigenvalue weighted by molar-refractivity contribution is -0.137. The van der Waals surface area contributed by atoms with Gasteiger partial charge in [-0.3, -0.25) is 14.4 Å². The average molecular weight is 516 g/mol. The maximum Gasteiger partial charge on any atom is 0.352 e. The van der Waals surface area contributed by atoms with E-state index in [4.69, 9.17) is 5.73 Å². The summed E-state index contributed by atoms with van der Waals surface area (Å²) in [6.07, 6.45) is 0.0986. The number of phenolic OH excluding ortho intramolecular Hbond substituents is 1. The zero-order chi connectivity index (χ0) is 27.2. The molecule has 11 heteroatoms. The molecule has 0 aliphatic rings. The van der Waals surface area contributed by atoms with Gasteiger partial charge in [0.15, 0.2) is 0 Å². The van der Waals surface area contributed by atoms with E-state index in [2.05, 4.69) is 20.9 Å². The number of rotatable bonds is 8. The Balaban J connectivity index is 1.52. The summed E-state index contributed by atoms with van der Waals surface area (Å²) < 4.78 is 0. The van der Waals surface area contributed by atoms with Crippen LogP contribution in [0, 0.1) is 0 Å². The van der Waals surface area contributed by atoms with Crippen LogP contribution in [-0.2, 0) is 27.3 Å². The first-order chi connectivity index (χ1) is 18.2. The summed E-state index contributed by atoms with van der Waals surface area (Å²) in [6, 6.07) is 18.3. The SMILES string of the molecule is NCc1ccc(O)cc1NC(=O)C(=O)N[C@@H](Cc1ccccc1)C(=O)Nc1ccc2[nH]c(C(=O)O)cc2c1. The van der Waals surface area contributed by atoms with E-state index < -0.39 is 29.7 Å². The minimum absolute atomic E-state index is 0.00762. The first-order valence-electron chi connectivity index (χ1n) is 11.6. The van der Waals surface area contributed by atoms with Gasteiger partial charge in [0.1, 0.15) is 17.5 Å². The van der Waals surface area contributed by atoms with Gasteiger partial charge in [0, 0.05) is 41.3 Å². The lowest BCUT2D eigenvalue weighted by atomic mass is 10.0. The van der Waals surface area contributed by atoms with Crippen molar-refractivity contribution in [1.82, 2.24) is 10.3 Å². The largest absolute Gasteiger partial charge is 0.508 e. The van der Waals surface area contributed by atoms with Crippen LogP contribution in [0.1, 0.15) is 21.6 Å². The summed E-state index contributed by atoms with van der Waals surface area (Å²) in [4.78, 5) is 52.6. The molecule has 194 valence electrons. The van der Waals surface area contributed by atoms with Crippen molar-refractivity contribution in [3.05, 3.63) is 89.6 Å². The first-order valence-corrected chi connectivity index (χ1v) is 11.6. The fraction of sp³-hybridized carbons (Fsp3) is 0.111. The number of benzene rings is 3. The molecule has 0 fully saturated rings. The second kappa shape index (κ2) is 11.3. The number of fused-ring (bicyclic) bond motifs is 1. The maximum atomic E-state index is 13.2. The molecule has 1 heterocycles. The van der Waals surface area contributed by atoms with Crippen molar-refractivity contribution in [1.29, 1.82) is 0 Å². The van der Waals surface area contributed by atoms with Gasteiger partial charge in [-0.1, -0.05) is 36.4 Å². The van der Waals surface area contributed by atoms with Crippen LogP contribution in [0.3, 0.4) is 0 Å². The molecule has 4 aromatic rings. The highest BCUT2D eigenvalue weighted by atomic mass is 16.4. The van der Waals surface area contributed by atoms with E-state index >= 15 is 0 Å². The highest BCUT2D eigenvalue weighted by Gasteiger charge is 2.25. The summed E-state index contributed by atoms with van der Waals surface area (Å²) in [5.74, 6) is -3.90. The van der Waals surface area contributed by atoms with Crippen molar-refractivity contribution in [3.8, 4) is 5.75 Å². The Morgan fingerprint density at radius 1 is 0.895 bits per heavy atom. The number of aromatic hydroxyl groups is 1. The lowest BCUT2D eigenvalue weighted by Gasteiger charge is -2.19. The number of anilines is 2. The fourth-order valence-electron chi connectivity index (χ4n) is 3.88. The second-order valence-corrected chi connectivity index (χ2v) is 8.49. The number of amides is 3. The Labute approximate surface area is 216 Å². The minimum atomic E-state index is -1.12. The van der Waals surface area contributed by atoms with Gasteiger partial charge < -0.3 is 36.9 Å². The molecule has 1 aromatic heterocycles. The highest BCUT2D eigenvalue weighted by Crippen LogP contribution is 2.22. The molecule has 0 saturated heterocycles. The predicted molar refractivity (Wildman–Crippen MR) is 141 cm³/mol. The van der Waals surface area contributed by atoms with Crippen LogP contribution in [0.4, 0.5) is 11.4 Å². The highest BCUT2D eigenvalue weighted by molar-refractivity contribution is 6.40. The van der Waals surface area contributed by atoms with Gasteiger partial charge in [0.2, 0.25) is 5.91 Å². The number of aromatic carboxylic acids is 1. The number of H-pyrrole nitrogens is 1. The normalized spacial score (nSPS) is 11.5. The van der Waals surface area contributed by atoms with Crippen molar-refractivity contribution in [2.75, 3.05) is 10.6 Å². The number of phenols is 1. The Morgan fingerprint density at radius 2 is 1.66 bits per heavy atom. The zero-order valence-electron chi connectivity index (χ0n) is 20.0. The zero-order valence-corrected chi connectivity index (χ0v) is 20.0. The van der Waals surface area contributed by atoms with Crippen molar-refractivity contribution in [2.24, 2.45) is 5.73 Å². The Bertz CT molecular complexity index is 1520. The van der Waals surface area contributed by atoms with E-state index in [0.29, 0.717) is 22.2 Å². The van der Waals surface area contributed by atoms with Crippen LogP contribution in [0.15, 0.2) is 72.8 Å². The molecule has 0 spiro atoms. The molecule has 0 aliphatic carbocycles. The number of carboxylic acid groups (broad SMARTS) is 1. The third-order valence-electron chi connectivity index (χ3n) is 5.79. The van der Waals surface area contributed by atoms with E-state index in [-0.39, 0.29) is 30.1 Å².